The molecule has 2 fully saturated rings. The number of ether oxygens (including phenoxy) is 2. The largest absolute Gasteiger partial charge is 0.494 e. The van der Waals surface area contributed by atoms with Crippen molar-refractivity contribution in [2.45, 2.75) is 49.8 Å². The third-order valence-electron chi connectivity index (χ3n) is 6.17. The van der Waals surface area contributed by atoms with Crippen LogP contribution in [-0.2, 0) is 11.2 Å². The van der Waals surface area contributed by atoms with E-state index in [0.717, 1.165) is 16.9 Å². The van der Waals surface area contributed by atoms with Crippen molar-refractivity contribution in [1.82, 2.24) is 0 Å². The highest BCUT2D eigenvalue weighted by Gasteiger charge is 2.67. The average molecular weight is 435 g/mol. The number of hydrogen-bond donors (Lipinski definition) is 4. The van der Waals surface area contributed by atoms with Crippen molar-refractivity contribution in [3.8, 4) is 5.75 Å². The molecule has 2 aliphatic rings. The van der Waals surface area contributed by atoms with Gasteiger partial charge < -0.3 is 29.9 Å². The molecule has 0 bridgehead atoms. The van der Waals surface area contributed by atoms with Gasteiger partial charge in [-0.2, -0.15) is 0 Å². The summed E-state index contributed by atoms with van der Waals surface area (Å²) in [5, 5.41) is 41.4. The van der Waals surface area contributed by atoms with Crippen LogP contribution in [0.15, 0.2) is 42.5 Å². The van der Waals surface area contributed by atoms with E-state index in [4.69, 9.17) is 21.1 Å². The van der Waals surface area contributed by atoms with Gasteiger partial charge in [0.2, 0.25) is 0 Å². The van der Waals surface area contributed by atoms with Gasteiger partial charge in [-0.05, 0) is 54.7 Å². The number of halogens is 1. The molecule has 0 amide bonds. The van der Waals surface area contributed by atoms with E-state index in [-0.39, 0.29) is 12.5 Å². The van der Waals surface area contributed by atoms with Crippen LogP contribution in [0, 0.1) is 5.92 Å². The van der Waals surface area contributed by atoms with E-state index >= 15 is 0 Å². The summed E-state index contributed by atoms with van der Waals surface area (Å²) in [5.74, 6) is 0.549. The predicted molar refractivity (Wildman–Crippen MR) is 112 cm³/mol. The van der Waals surface area contributed by atoms with E-state index < -0.39 is 30.0 Å². The van der Waals surface area contributed by atoms with Gasteiger partial charge in [0.05, 0.1) is 6.61 Å². The van der Waals surface area contributed by atoms with Gasteiger partial charge >= 0.3 is 0 Å². The Kier molecular flexibility index (Phi) is 6.08. The van der Waals surface area contributed by atoms with Crippen molar-refractivity contribution in [3.63, 3.8) is 0 Å². The number of benzene rings is 2. The normalized spacial score (nSPS) is 32.9. The van der Waals surface area contributed by atoms with Gasteiger partial charge in [0.25, 0.3) is 0 Å². The molecule has 6 atom stereocenters. The molecule has 2 aromatic carbocycles. The van der Waals surface area contributed by atoms with Crippen molar-refractivity contribution < 1.29 is 29.9 Å². The van der Waals surface area contributed by atoms with Crippen LogP contribution in [-0.4, -0.2) is 57.6 Å². The lowest BCUT2D eigenvalue weighted by Gasteiger charge is -2.42. The van der Waals surface area contributed by atoms with E-state index in [9.17, 15) is 20.4 Å². The van der Waals surface area contributed by atoms with Gasteiger partial charge in [0.15, 0.2) is 0 Å². The summed E-state index contributed by atoms with van der Waals surface area (Å²) in [6, 6.07) is 13.1. The average Bonchev–Trinajstić information content (AvgIpc) is 3.47. The lowest BCUT2D eigenvalue weighted by molar-refractivity contribution is -0.242. The smallest absolute Gasteiger partial charge is 0.119 e. The summed E-state index contributed by atoms with van der Waals surface area (Å²) in [7, 11) is 0. The Balaban J connectivity index is 1.58. The van der Waals surface area contributed by atoms with Gasteiger partial charge in [-0.15, -0.1) is 0 Å². The Hall–Kier alpha value is -1.67. The molecule has 4 N–H and O–H groups in total. The fourth-order valence-electron chi connectivity index (χ4n) is 4.34. The predicted octanol–water partition coefficient (Wildman–Crippen LogP) is 2.23. The molecule has 1 aliphatic heterocycles. The summed E-state index contributed by atoms with van der Waals surface area (Å²) in [6.07, 6.45) is -3.68. The fourth-order valence-corrected chi connectivity index (χ4v) is 4.53. The first-order valence-corrected chi connectivity index (χ1v) is 10.6. The standard InChI is InChI=1S/C23H27ClO6/c1-2-29-17-6-3-13(4-7-17)9-15-10-14(5-8-18(15)24)21-19(26)20(27)22(28)23(30-21)11-16(23)12-25/h3-8,10,16,19-22,25-28H,2,9,11-12H2,1H3/t16?,19-,20+,21-,22-,23?/m0/s1. The number of aliphatic hydroxyl groups is 4. The zero-order valence-corrected chi connectivity index (χ0v) is 17.5. The molecular weight excluding hydrogens is 408 g/mol. The SMILES string of the molecule is CCOc1ccc(Cc2cc([C@@H]3OC4(CC4CO)[C@@H](O)[C@H](O)[C@@H]3O)ccc2Cl)cc1. The zero-order valence-electron chi connectivity index (χ0n) is 16.7. The van der Waals surface area contributed by atoms with Gasteiger partial charge in [-0.1, -0.05) is 35.9 Å². The first-order chi connectivity index (χ1) is 14.4. The van der Waals surface area contributed by atoms with E-state index in [2.05, 4.69) is 0 Å². The first kappa shape index (κ1) is 21.6. The quantitative estimate of drug-likeness (QED) is 0.556. The van der Waals surface area contributed by atoms with Crippen molar-refractivity contribution in [2.75, 3.05) is 13.2 Å². The minimum Gasteiger partial charge on any atom is -0.494 e. The maximum Gasteiger partial charge on any atom is 0.119 e. The molecule has 2 aromatic rings. The van der Waals surface area contributed by atoms with Crippen molar-refractivity contribution >= 4 is 11.6 Å². The fraction of sp³-hybridized carbons (Fsp3) is 0.478. The highest BCUT2D eigenvalue weighted by molar-refractivity contribution is 6.31. The summed E-state index contributed by atoms with van der Waals surface area (Å²) in [5.41, 5.74) is 1.56. The Morgan fingerprint density at radius 3 is 2.47 bits per heavy atom. The van der Waals surface area contributed by atoms with Crippen molar-refractivity contribution in [3.05, 3.63) is 64.2 Å². The van der Waals surface area contributed by atoms with Crippen LogP contribution < -0.4 is 4.74 Å². The Morgan fingerprint density at radius 1 is 1.10 bits per heavy atom. The van der Waals surface area contributed by atoms with Gasteiger partial charge in [0.1, 0.15) is 35.8 Å². The van der Waals surface area contributed by atoms with Gasteiger partial charge in [-0.3, -0.25) is 0 Å². The van der Waals surface area contributed by atoms with E-state index in [1.807, 2.05) is 37.3 Å². The van der Waals surface area contributed by atoms with Gasteiger partial charge in [-0.25, -0.2) is 0 Å². The maximum atomic E-state index is 10.6. The summed E-state index contributed by atoms with van der Waals surface area (Å²) >= 11 is 6.42. The van der Waals surface area contributed by atoms with Crippen molar-refractivity contribution in [1.29, 1.82) is 0 Å². The van der Waals surface area contributed by atoms with Crippen LogP contribution in [0.1, 0.15) is 36.1 Å². The lowest BCUT2D eigenvalue weighted by atomic mass is 9.88. The monoisotopic (exact) mass is 434 g/mol. The molecule has 1 heterocycles. The molecule has 1 saturated carbocycles. The van der Waals surface area contributed by atoms with Gasteiger partial charge in [0, 0.05) is 17.5 Å². The summed E-state index contributed by atoms with van der Waals surface area (Å²) < 4.78 is 11.6. The van der Waals surface area contributed by atoms with Crippen LogP contribution in [0.2, 0.25) is 5.02 Å². The molecular formula is C23H27ClO6. The van der Waals surface area contributed by atoms with Crippen LogP contribution in [0.3, 0.4) is 0 Å². The highest BCUT2D eigenvalue weighted by atomic mass is 35.5. The van der Waals surface area contributed by atoms with Crippen LogP contribution >= 0.6 is 11.6 Å². The lowest BCUT2D eigenvalue weighted by Crippen LogP contribution is -2.56. The first-order valence-electron chi connectivity index (χ1n) is 10.2. The molecule has 0 radical (unpaired) electrons. The van der Waals surface area contributed by atoms with Crippen LogP contribution in [0.5, 0.6) is 5.75 Å². The maximum absolute atomic E-state index is 10.6. The molecule has 7 heteroatoms. The molecule has 30 heavy (non-hydrogen) atoms. The Morgan fingerprint density at radius 2 is 1.83 bits per heavy atom. The molecule has 2 unspecified atom stereocenters. The Labute approximate surface area is 180 Å². The molecule has 1 aliphatic carbocycles. The number of hydrogen-bond acceptors (Lipinski definition) is 6. The number of aliphatic hydroxyl groups excluding tert-OH is 4. The zero-order chi connectivity index (χ0) is 21.5. The third kappa shape index (κ3) is 3.84. The molecule has 1 spiro atoms. The van der Waals surface area contributed by atoms with E-state index in [0.29, 0.717) is 30.0 Å². The third-order valence-corrected chi connectivity index (χ3v) is 6.54. The summed E-state index contributed by atoms with van der Waals surface area (Å²) in [6.45, 7) is 2.40. The topological polar surface area (TPSA) is 99.4 Å². The second-order valence-corrected chi connectivity index (χ2v) is 8.51. The summed E-state index contributed by atoms with van der Waals surface area (Å²) in [4.78, 5) is 0. The second kappa shape index (κ2) is 8.46. The second-order valence-electron chi connectivity index (χ2n) is 8.11. The minimum atomic E-state index is -1.36. The van der Waals surface area contributed by atoms with Crippen molar-refractivity contribution in [2.24, 2.45) is 5.92 Å². The van der Waals surface area contributed by atoms with E-state index in [1.165, 1.54) is 0 Å². The molecule has 6 nitrogen and oxygen atoms in total. The Bertz CT molecular complexity index is 888. The van der Waals surface area contributed by atoms with E-state index in [1.54, 1.807) is 12.1 Å². The minimum absolute atomic E-state index is 0.143. The van der Waals surface area contributed by atoms with Crippen LogP contribution in [0.4, 0.5) is 0 Å². The number of rotatable bonds is 6. The molecule has 0 aromatic heterocycles. The highest BCUT2D eigenvalue weighted by Crippen LogP contribution is 2.56. The molecule has 1 saturated heterocycles. The molecule has 4 rings (SSSR count). The van der Waals surface area contributed by atoms with Crippen LogP contribution in [0.25, 0.3) is 0 Å². The molecule has 162 valence electrons.